The first-order chi connectivity index (χ1) is 7.41. The number of thioether (sulfide) groups is 1. The highest BCUT2D eigenvalue weighted by Crippen LogP contribution is 2.25. The average molecular weight is 238 g/mol. The Hall–Kier alpha value is -0.470. The average Bonchev–Trinajstić information content (AvgIpc) is 2.15. The fourth-order valence-electron chi connectivity index (χ4n) is 1.79. The third-order valence-electron chi connectivity index (χ3n) is 3.01. The van der Waals surface area contributed by atoms with Gasteiger partial charge in [-0.2, -0.15) is 11.8 Å². The molecule has 0 aliphatic carbocycles. The molecule has 0 spiro atoms. The summed E-state index contributed by atoms with van der Waals surface area (Å²) in [5.74, 6) is 0.990. The van der Waals surface area contributed by atoms with Gasteiger partial charge < -0.3 is 5.11 Å². The molecular formula is C14H22OS. The molecule has 1 N–H and O–H groups in total. The number of aliphatic hydroxyl groups excluding tert-OH is 1. The van der Waals surface area contributed by atoms with Gasteiger partial charge in [0.2, 0.25) is 0 Å². The van der Waals surface area contributed by atoms with E-state index in [0.29, 0.717) is 5.25 Å². The molecule has 2 unspecified atom stereocenters. The first-order valence-corrected chi connectivity index (χ1v) is 6.83. The van der Waals surface area contributed by atoms with E-state index < -0.39 is 0 Å². The summed E-state index contributed by atoms with van der Waals surface area (Å²) in [6.45, 7) is 10.4. The second kappa shape index (κ2) is 5.74. The van der Waals surface area contributed by atoms with Gasteiger partial charge in [0, 0.05) is 11.0 Å². The molecule has 0 bridgehead atoms. The van der Waals surface area contributed by atoms with Crippen LogP contribution >= 0.6 is 11.8 Å². The minimum Gasteiger partial charge on any atom is -0.392 e. The largest absolute Gasteiger partial charge is 0.392 e. The van der Waals surface area contributed by atoms with Crippen molar-refractivity contribution in [1.82, 2.24) is 0 Å². The molecule has 0 aliphatic heterocycles. The molecule has 1 aromatic rings. The Morgan fingerprint density at radius 2 is 1.62 bits per heavy atom. The first kappa shape index (κ1) is 13.6. The van der Waals surface area contributed by atoms with Gasteiger partial charge in [0.05, 0.1) is 6.10 Å². The molecule has 0 radical (unpaired) electrons. The van der Waals surface area contributed by atoms with Crippen molar-refractivity contribution in [2.24, 2.45) is 0 Å². The molecule has 2 heteroatoms. The SMILES string of the molecule is Cc1cc(C)c(CSC(C)C(C)O)c(C)c1. The lowest BCUT2D eigenvalue weighted by molar-refractivity contribution is 0.196. The number of hydrogen-bond donors (Lipinski definition) is 1. The minimum absolute atomic E-state index is 0.240. The molecule has 0 heterocycles. The van der Waals surface area contributed by atoms with Crippen LogP contribution in [-0.4, -0.2) is 16.5 Å². The Labute approximate surface area is 103 Å². The fraction of sp³-hybridized carbons (Fsp3) is 0.571. The van der Waals surface area contributed by atoms with E-state index in [2.05, 4.69) is 39.8 Å². The molecule has 1 nitrogen and oxygen atoms in total. The number of rotatable bonds is 4. The Balaban J connectivity index is 2.74. The van der Waals surface area contributed by atoms with E-state index >= 15 is 0 Å². The predicted molar refractivity (Wildman–Crippen MR) is 73.1 cm³/mol. The molecule has 0 aliphatic rings. The Bertz CT molecular complexity index is 335. The second-order valence-corrected chi connectivity index (χ2v) is 6.00. The van der Waals surface area contributed by atoms with Crippen molar-refractivity contribution in [2.45, 2.75) is 51.7 Å². The summed E-state index contributed by atoms with van der Waals surface area (Å²) >= 11 is 1.82. The predicted octanol–water partition coefficient (Wildman–Crippen LogP) is 3.61. The van der Waals surface area contributed by atoms with Crippen LogP contribution in [0.15, 0.2) is 12.1 Å². The lowest BCUT2D eigenvalue weighted by Crippen LogP contribution is -2.15. The zero-order chi connectivity index (χ0) is 12.3. The smallest absolute Gasteiger partial charge is 0.0628 e. The third-order valence-corrected chi connectivity index (χ3v) is 4.39. The van der Waals surface area contributed by atoms with Crippen molar-refractivity contribution >= 4 is 11.8 Å². The summed E-state index contributed by atoms with van der Waals surface area (Å²) in [7, 11) is 0. The minimum atomic E-state index is -0.240. The number of aliphatic hydroxyl groups is 1. The van der Waals surface area contributed by atoms with E-state index in [4.69, 9.17) is 0 Å². The van der Waals surface area contributed by atoms with Crippen LogP contribution in [0.1, 0.15) is 36.1 Å². The van der Waals surface area contributed by atoms with Gasteiger partial charge in [0.15, 0.2) is 0 Å². The molecule has 2 atom stereocenters. The van der Waals surface area contributed by atoms with Crippen LogP contribution in [0.3, 0.4) is 0 Å². The van der Waals surface area contributed by atoms with Crippen LogP contribution in [0.2, 0.25) is 0 Å². The van der Waals surface area contributed by atoms with Crippen molar-refractivity contribution in [3.63, 3.8) is 0 Å². The zero-order valence-corrected chi connectivity index (χ0v) is 11.7. The van der Waals surface area contributed by atoms with E-state index in [1.165, 1.54) is 22.3 Å². The normalized spacial score (nSPS) is 14.9. The second-order valence-electron chi connectivity index (χ2n) is 4.63. The third kappa shape index (κ3) is 3.53. The van der Waals surface area contributed by atoms with E-state index in [0.717, 1.165) is 5.75 Å². The maximum absolute atomic E-state index is 9.46. The van der Waals surface area contributed by atoms with E-state index in [1.54, 1.807) is 0 Å². The van der Waals surface area contributed by atoms with Crippen molar-refractivity contribution in [2.75, 3.05) is 0 Å². The van der Waals surface area contributed by atoms with Gasteiger partial charge >= 0.3 is 0 Å². The lowest BCUT2D eigenvalue weighted by Gasteiger charge is -2.16. The zero-order valence-electron chi connectivity index (χ0n) is 10.9. The van der Waals surface area contributed by atoms with Crippen LogP contribution < -0.4 is 0 Å². The van der Waals surface area contributed by atoms with Crippen LogP contribution in [0.4, 0.5) is 0 Å². The van der Waals surface area contributed by atoms with Gasteiger partial charge in [-0.15, -0.1) is 0 Å². The summed E-state index contributed by atoms with van der Waals surface area (Å²) in [4.78, 5) is 0. The molecule has 0 fully saturated rings. The van der Waals surface area contributed by atoms with Crippen LogP contribution in [0, 0.1) is 20.8 Å². The van der Waals surface area contributed by atoms with E-state index in [-0.39, 0.29) is 6.10 Å². The summed E-state index contributed by atoms with van der Waals surface area (Å²) in [5.41, 5.74) is 5.47. The lowest BCUT2D eigenvalue weighted by atomic mass is 10.0. The van der Waals surface area contributed by atoms with Gasteiger partial charge in [-0.1, -0.05) is 24.6 Å². The van der Waals surface area contributed by atoms with Gasteiger partial charge in [0.25, 0.3) is 0 Å². The monoisotopic (exact) mass is 238 g/mol. The maximum atomic E-state index is 9.46. The highest BCUT2D eigenvalue weighted by Gasteiger charge is 2.11. The van der Waals surface area contributed by atoms with Crippen LogP contribution in [0.25, 0.3) is 0 Å². The summed E-state index contributed by atoms with van der Waals surface area (Å²) in [5, 5.41) is 9.75. The summed E-state index contributed by atoms with van der Waals surface area (Å²) in [6.07, 6.45) is -0.240. The van der Waals surface area contributed by atoms with Gasteiger partial charge in [-0.05, 0) is 44.4 Å². The Morgan fingerprint density at radius 3 is 2.06 bits per heavy atom. The molecular weight excluding hydrogens is 216 g/mol. The molecule has 0 saturated carbocycles. The van der Waals surface area contributed by atoms with E-state index in [1.807, 2.05) is 18.7 Å². The Kier molecular flexibility index (Phi) is 4.88. The van der Waals surface area contributed by atoms with Crippen molar-refractivity contribution in [3.8, 4) is 0 Å². The highest BCUT2D eigenvalue weighted by atomic mass is 32.2. The van der Waals surface area contributed by atoms with Crippen LogP contribution in [-0.2, 0) is 5.75 Å². The molecule has 0 aromatic heterocycles. The molecule has 1 rings (SSSR count). The van der Waals surface area contributed by atoms with Gasteiger partial charge in [-0.25, -0.2) is 0 Å². The first-order valence-electron chi connectivity index (χ1n) is 5.78. The molecule has 0 saturated heterocycles. The quantitative estimate of drug-likeness (QED) is 0.864. The molecule has 1 aromatic carbocycles. The molecule has 0 amide bonds. The fourth-order valence-corrected chi connectivity index (χ4v) is 2.96. The van der Waals surface area contributed by atoms with Gasteiger partial charge in [0.1, 0.15) is 0 Å². The summed E-state index contributed by atoms with van der Waals surface area (Å²) < 4.78 is 0. The highest BCUT2D eigenvalue weighted by molar-refractivity contribution is 7.99. The maximum Gasteiger partial charge on any atom is 0.0628 e. The topological polar surface area (TPSA) is 20.2 Å². The number of aryl methyl sites for hydroxylation is 3. The molecule has 16 heavy (non-hydrogen) atoms. The summed E-state index contributed by atoms with van der Waals surface area (Å²) in [6, 6.07) is 4.46. The van der Waals surface area contributed by atoms with Crippen LogP contribution in [0.5, 0.6) is 0 Å². The number of benzene rings is 1. The Morgan fingerprint density at radius 1 is 1.12 bits per heavy atom. The van der Waals surface area contributed by atoms with Crippen molar-refractivity contribution < 1.29 is 5.11 Å². The van der Waals surface area contributed by atoms with Crippen molar-refractivity contribution in [3.05, 3.63) is 34.4 Å². The van der Waals surface area contributed by atoms with Crippen molar-refractivity contribution in [1.29, 1.82) is 0 Å². The van der Waals surface area contributed by atoms with Gasteiger partial charge in [-0.3, -0.25) is 0 Å². The van der Waals surface area contributed by atoms with E-state index in [9.17, 15) is 5.11 Å². The molecule has 90 valence electrons. The standard InChI is InChI=1S/C14H22OS/c1-9-6-10(2)14(11(3)7-9)8-16-13(5)12(4)15/h6-7,12-13,15H,8H2,1-5H3. The number of hydrogen-bond acceptors (Lipinski definition) is 2.